The van der Waals surface area contributed by atoms with Gasteiger partial charge in [-0.2, -0.15) is 0 Å². The first-order valence-corrected chi connectivity index (χ1v) is 9.35. The molecule has 0 unspecified atom stereocenters. The summed E-state index contributed by atoms with van der Waals surface area (Å²) in [7, 11) is 0. The molecule has 5 heteroatoms. The molecule has 0 spiro atoms. The summed E-state index contributed by atoms with van der Waals surface area (Å²) in [6, 6.07) is 1.58. The SMILES string of the molecule is NNc1ncc(CN(C2CCCCC2)C2CCCCC2)s1. The Morgan fingerprint density at radius 3 is 2.10 bits per heavy atom. The number of nitrogens with two attached hydrogens (primary N) is 1. The van der Waals surface area contributed by atoms with Gasteiger partial charge in [0, 0.05) is 29.7 Å². The number of thiazole rings is 1. The van der Waals surface area contributed by atoms with Gasteiger partial charge in [-0.15, -0.1) is 0 Å². The minimum Gasteiger partial charge on any atom is -0.300 e. The maximum absolute atomic E-state index is 5.46. The number of nitrogens with one attached hydrogen (secondary N) is 1. The number of hydrogen-bond donors (Lipinski definition) is 2. The van der Waals surface area contributed by atoms with Crippen LogP contribution in [0.1, 0.15) is 69.1 Å². The van der Waals surface area contributed by atoms with Crippen molar-refractivity contribution in [2.75, 3.05) is 5.43 Å². The molecular weight excluding hydrogens is 280 g/mol. The second-order valence-electron chi connectivity index (χ2n) is 6.53. The van der Waals surface area contributed by atoms with Gasteiger partial charge >= 0.3 is 0 Å². The molecule has 2 aliphatic rings. The Morgan fingerprint density at radius 1 is 1.05 bits per heavy atom. The summed E-state index contributed by atoms with van der Waals surface area (Å²) in [5.41, 5.74) is 2.67. The van der Waals surface area contributed by atoms with Gasteiger partial charge in [-0.3, -0.25) is 10.3 Å². The van der Waals surface area contributed by atoms with Gasteiger partial charge in [-0.05, 0) is 25.7 Å². The molecule has 0 saturated heterocycles. The summed E-state index contributed by atoms with van der Waals surface area (Å²) < 4.78 is 0. The third-order valence-corrected chi connectivity index (χ3v) is 6.02. The summed E-state index contributed by atoms with van der Waals surface area (Å²) in [6.07, 6.45) is 16.0. The molecule has 2 saturated carbocycles. The molecule has 3 N–H and O–H groups in total. The molecule has 118 valence electrons. The van der Waals surface area contributed by atoms with Gasteiger partial charge in [-0.1, -0.05) is 49.9 Å². The fourth-order valence-corrected chi connectivity index (χ4v) is 4.74. The molecule has 3 rings (SSSR count). The van der Waals surface area contributed by atoms with Crippen molar-refractivity contribution in [1.29, 1.82) is 0 Å². The Morgan fingerprint density at radius 2 is 1.62 bits per heavy atom. The molecule has 1 aromatic heterocycles. The summed E-state index contributed by atoms with van der Waals surface area (Å²) in [5, 5.41) is 0.831. The van der Waals surface area contributed by atoms with Gasteiger partial charge < -0.3 is 0 Å². The fraction of sp³-hybridized carbons (Fsp3) is 0.812. The number of aromatic nitrogens is 1. The van der Waals surface area contributed by atoms with E-state index in [1.165, 1.54) is 69.1 Å². The predicted molar refractivity (Wildman–Crippen MR) is 89.2 cm³/mol. The maximum atomic E-state index is 5.46. The molecule has 2 fully saturated rings. The first-order valence-electron chi connectivity index (χ1n) is 8.54. The third-order valence-electron chi connectivity index (χ3n) is 5.10. The molecule has 0 aromatic carbocycles. The average molecular weight is 308 g/mol. The molecule has 0 aliphatic heterocycles. The summed E-state index contributed by atoms with van der Waals surface area (Å²) >= 11 is 1.70. The number of hydrogen-bond acceptors (Lipinski definition) is 5. The Bertz CT molecular complexity index is 404. The van der Waals surface area contributed by atoms with Crippen LogP contribution in [0.5, 0.6) is 0 Å². The lowest BCUT2D eigenvalue weighted by Crippen LogP contribution is -2.44. The zero-order chi connectivity index (χ0) is 14.5. The van der Waals surface area contributed by atoms with Gasteiger partial charge in [0.1, 0.15) is 0 Å². The van der Waals surface area contributed by atoms with Crippen LogP contribution in [0.25, 0.3) is 0 Å². The number of rotatable bonds is 5. The van der Waals surface area contributed by atoms with E-state index in [1.807, 2.05) is 6.20 Å². The molecule has 0 atom stereocenters. The van der Waals surface area contributed by atoms with Crippen LogP contribution in [-0.2, 0) is 6.54 Å². The normalized spacial score (nSPS) is 21.8. The van der Waals surface area contributed by atoms with Crippen molar-refractivity contribution in [2.24, 2.45) is 5.84 Å². The molecular formula is C16H28N4S. The van der Waals surface area contributed by atoms with Crippen LogP contribution in [0.15, 0.2) is 6.20 Å². The van der Waals surface area contributed by atoms with Crippen LogP contribution in [0.4, 0.5) is 5.13 Å². The van der Waals surface area contributed by atoms with E-state index in [0.29, 0.717) is 0 Å². The topological polar surface area (TPSA) is 54.2 Å². The quantitative estimate of drug-likeness (QED) is 0.640. The first kappa shape index (κ1) is 15.3. The van der Waals surface area contributed by atoms with Crippen LogP contribution < -0.4 is 11.3 Å². The van der Waals surface area contributed by atoms with E-state index in [-0.39, 0.29) is 0 Å². The van der Waals surface area contributed by atoms with E-state index >= 15 is 0 Å². The number of nitrogens with zero attached hydrogens (tertiary/aromatic N) is 2. The fourth-order valence-electron chi connectivity index (χ4n) is 4.01. The van der Waals surface area contributed by atoms with E-state index in [9.17, 15) is 0 Å². The lowest BCUT2D eigenvalue weighted by molar-refractivity contribution is 0.0741. The van der Waals surface area contributed by atoms with E-state index in [1.54, 1.807) is 11.3 Å². The number of anilines is 1. The van der Waals surface area contributed by atoms with Crippen molar-refractivity contribution < 1.29 is 0 Å². The van der Waals surface area contributed by atoms with E-state index < -0.39 is 0 Å². The standard InChI is InChI=1S/C16H28N4S/c17-19-16-18-11-15(21-16)12-20(13-7-3-1-4-8-13)14-9-5-2-6-10-14/h11,13-14H,1-10,12,17H2,(H,18,19). The van der Waals surface area contributed by atoms with Gasteiger partial charge in [0.15, 0.2) is 5.13 Å². The Balaban J connectivity index is 1.70. The minimum absolute atomic E-state index is 0.790. The van der Waals surface area contributed by atoms with Crippen LogP contribution in [0, 0.1) is 0 Å². The molecule has 21 heavy (non-hydrogen) atoms. The zero-order valence-corrected chi connectivity index (χ0v) is 13.7. The van der Waals surface area contributed by atoms with Gasteiger partial charge in [0.05, 0.1) is 0 Å². The summed E-state index contributed by atoms with van der Waals surface area (Å²) in [5.74, 6) is 5.46. The lowest BCUT2D eigenvalue weighted by Gasteiger charge is -2.41. The second kappa shape index (κ2) is 7.56. The van der Waals surface area contributed by atoms with Crippen molar-refractivity contribution >= 4 is 16.5 Å². The Kier molecular flexibility index (Phi) is 5.49. The van der Waals surface area contributed by atoms with Crippen LogP contribution >= 0.6 is 11.3 Å². The highest BCUT2D eigenvalue weighted by Gasteiger charge is 2.29. The van der Waals surface area contributed by atoms with Crippen molar-refractivity contribution in [3.63, 3.8) is 0 Å². The van der Waals surface area contributed by atoms with Crippen molar-refractivity contribution in [1.82, 2.24) is 9.88 Å². The highest BCUT2D eigenvalue weighted by atomic mass is 32.1. The van der Waals surface area contributed by atoms with Gasteiger partial charge in [0.25, 0.3) is 0 Å². The van der Waals surface area contributed by atoms with Gasteiger partial charge in [0.2, 0.25) is 0 Å². The minimum atomic E-state index is 0.790. The smallest absolute Gasteiger partial charge is 0.197 e. The highest BCUT2D eigenvalue weighted by molar-refractivity contribution is 7.15. The van der Waals surface area contributed by atoms with Crippen LogP contribution in [0.2, 0.25) is 0 Å². The van der Waals surface area contributed by atoms with Crippen molar-refractivity contribution in [3.05, 3.63) is 11.1 Å². The van der Waals surface area contributed by atoms with Crippen molar-refractivity contribution in [2.45, 2.75) is 82.8 Å². The largest absolute Gasteiger partial charge is 0.300 e. The van der Waals surface area contributed by atoms with Crippen molar-refractivity contribution in [3.8, 4) is 0 Å². The maximum Gasteiger partial charge on any atom is 0.197 e. The summed E-state index contributed by atoms with van der Waals surface area (Å²) in [4.78, 5) is 8.49. The average Bonchev–Trinajstić information content (AvgIpc) is 3.02. The molecule has 1 heterocycles. The molecule has 2 aliphatic carbocycles. The lowest BCUT2D eigenvalue weighted by atomic mass is 9.88. The van der Waals surface area contributed by atoms with Gasteiger partial charge in [-0.25, -0.2) is 10.8 Å². The van der Waals surface area contributed by atoms with E-state index in [2.05, 4.69) is 15.3 Å². The summed E-state index contributed by atoms with van der Waals surface area (Å²) in [6.45, 7) is 1.06. The van der Waals surface area contributed by atoms with Crippen LogP contribution in [-0.4, -0.2) is 22.0 Å². The van der Waals surface area contributed by atoms with Crippen LogP contribution in [0.3, 0.4) is 0 Å². The third kappa shape index (κ3) is 3.96. The highest BCUT2D eigenvalue weighted by Crippen LogP contribution is 2.32. The van der Waals surface area contributed by atoms with E-state index in [0.717, 1.165) is 23.8 Å². The molecule has 1 aromatic rings. The number of hydrazine groups is 1. The molecule has 0 radical (unpaired) electrons. The first-order chi connectivity index (χ1) is 10.4. The Labute approximate surface area is 132 Å². The Hall–Kier alpha value is -0.650. The molecule has 4 nitrogen and oxygen atoms in total. The predicted octanol–water partition coefficient (Wildman–Crippen LogP) is 3.90. The second-order valence-corrected chi connectivity index (χ2v) is 7.65. The molecule has 0 bridgehead atoms. The molecule has 0 amide bonds. The monoisotopic (exact) mass is 308 g/mol. The zero-order valence-electron chi connectivity index (χ0n) is 12.9. The van der Waals surface area contributed by atoms with E-state index in [4.69, 9.17) is 5.84 Å². The number of nitrogen functional groups attached to an aromatic ring is 1.